The van der Waals surface area contributed by atoms with Crippen LogP contribution in [0.4, 0.5) is 0 Å². The lowest BCUT2D eigenvalue weighted by Crippen LogP contribution is -2.49. The number of hydrogen-bond acceptors (Lipinski definition) is 3. The SMILES string of the molecule is Cc1cc(/C=C2\CN(C(=O)[C@H](N)Cc3ccc(C(C)C)cc3)C/C(=C\c3ccc(Cl)c(Cl)c3)C2=O)ccc1Cl. The Labute approximate surface area is 245 Å². The molecule has 202 valence electrons. The summed E-state index contributed by atoms with van der Waals surface area (Å²) in [7, 11) is 0. The van der Waals surface area contributed by atoms with E-state index in [1.165, 1.54) is 5.56 Å². The minimum Gasteiger partial charge on any atom is -0.332 e. The van der Waals surface area contributed by atoms with Gasteiger partial charge in [-0.05, 0) is 77.4 Å². The van der Waals surface area contributed by atoms with Gasteiger partial charge in [0.1, 0.15) is 0 Å². The Morgan fingerprint density at radius 2 is 1.44 bits per heavy atom. The van der Waals surface area contributed by atoms with Gasteiger partial charge in [0.15, 0.2) is 5.78 Å². The molecular weight excluding hydrogens is 551 g/mol. The summed E-state index contributed by atoms with van der Waals surface area (Å²) in [5.41, 5.74) is 12.1. The van der Waals surface area contributed by atoms with Crippen molar-refractivity contribution in [2.45, 2.75) is 39.2 Å². The molecule has 0 bridgehead atoms. The largest absolute Gasteiger partial charge is 0.332 e. The first-order chi connectivity index (χ1) is 18.5. The molecule has 1 atom stereocenters. The van der Waals surface area contributed by atoms with Crippen LogP contribution in [-0.4, -0.2) is 35.7 Å². The average Bonchev–Trinajstić information content (AvgIpc) is 2.90. The predicted octanol–water partition coefficient (Wildman–Crippen LogP) is 7.53. The van der Waals surface area contributed by atoms with Crippen molar-refractivity contribution in [3.8, 4) is 0 Å². The molecule has 3 aromatic carbocycles. The first-order valence-corrected chi connectivity index (χ1v) is 14.0. The van der Waals surface area contributed by atoms with Crippen LogP contribution in [0.3, 0.4) is 0 Å². The van der Waals surface area contributed by atoms with Gasteiger partial charge < -0.3 is 10.6 Å². The van der Waals surface area contributed by atoms with Crippen molar-refractivity contribution >= 4 is 58.6 Å². The highest BCUT2D eigenvalue weighted by molar-refractivity contribution is 6.42. The second kappa shape index (κ2) is 12.5. The second-order valence-corrected chi connectivity index (χ2v) is 11.5. The molecule has 2 N–H and O–H groups in total. The maximum atomic E-state index is 13.6. The van der Waals surface area contributed by atoms with Crippen molar-refractivity contribution in [1.29, 1.82) is 0 Å². The van der Waals surface area contributed by atoms with Crippen LogP contribution in [-0.2, 0) is 16.0 Å². The van der Waals surface area contributed by atoms with E-state index in [0.29, 0.717) is 38.6 Å². The van der Waals surface area contributed by atoms with Gasteiger partial charge in [-0.1, -0.05) is 91.1 Å². The van der Waals surface area contributed by atoms with Gasteiger partial charge in [0.05, 0.1) is 16.1 Å². The zero-order valence-corrected chi connectivity index (χ0v) is 24.4. The molecule has 0 saturated carbocycles. The molecule has 1 heterocycles. The van der Waals surface area contributed by atoms with E-state index in [4.69, 9.17) is 40.5 Å². The van der Waals surface area contributed by atoms with Gasteiger partial charge >= 0.3 is 0 Å². The number of nitrogens with zero attached hydrogens (tertiary/aromatic N) is 1. The first kappa shape index (κ1) is 29.1. The van der Waals surface area contributed by atoms with E-state index in [-0.39, 0.29) is 24.8 Å². The molecular formula is C32H31Cl3N2O2. The Bertz CT molecular complexity index is 1390. The fourth-order valence-electron chi connectivity index (χ4n) is 4.57. The summed E-state index contributed by atoms with van der Waals surface area (Å²) in [5, 5.41) is 1.47. The van der Waals surface area contributed by atoms with Crippen molar-refractivity contribution in [2.75, 3.05) is 13.1 Å². The summed E-state index contributed by atoms with van der Waals surface area (Å²) in [6.45, 7) is 6.50. The molecule has 3 aromatic rings. The molecule has 1 aliphatic rings. The molecule has 39 heavy (non-hydrogen) atoms. The smallest absolute Gasteiger partial charge is 0.240 e. The highest BCUT2D eigenvalue weighted by Gasteiger charge is 2.31. The summed E-state index contributed by atoms with van der Waals surface area (Å²) in [6, 6.07) is 18.2. The van der Waals surface area contributed by atoms with Crippen molar-refractivity contribution in [3.63, 3.8) is 0 Å². The van der Waals surface area contributed by atoms with Crippen LogP contribution in [0.1, 0.15) is 47.6 Å². The number of nitrogens with two attached hydrogens (primary N) is 1. The van der Waals surface area contributed by atoms with Gasteiger partial charge in [0.25, 0.3) is 0 Å². The van der Waals surface area contributed by atoms with Crippen LogP contribution < -0.4 is 5.73 Å². The number of rotatable bonds is 6. The van der Waals surface area contributed by atoms with E-state index in [1.807, 2.05) is 37.3 Å². The number of hydrogen-bond donors (Lipinski definition) is 1. The van der Waals surface area contributed by atoms with Crippen LogP contribution in [0.2, 0.25) is 15.1 Å². The molecule has 4 rings (SSSR count). The average molecular weight is 582 g/mol. The van der Waals surface area contributed by atoms with E-state index in [9.17, 15) is 9.59 Å². The van der Waals surface area contributed by atoms with E-state index in [2.05, 4.69) is 26.0 Å². The molecule has 1 saturated heterocycles. The lowest BCUT2D eigenvalue weighted by molar-refractivity contribution is -0.132. The standard InChI is InChI=1S/C32H31Cl3N2O2/c1-19(2)24-8-4-21(5-9-24)16-30(36)32(39)37-17-25(13-22-6-10-27(33)20(3)12-22)31(38)26(18-37)14-23-7-11-28(34)29(35)15-23/h4-15,19,30H,16-18,36H2,1-3H3/b25-13+,26-14+/t30-/m1/s1. The first-order valence-electron chi connectivity index (χ1n) is 12.8. The van der Waals surface area contributed by atoms with Gasteiger partial charge in [-0.15, -0.1) is 0 Å². The van der Waals surface area contributed by atoms with Gasteiger partial charge in [-0.3, -0.25) is 9.59 Å². The minimum atomic E-state index is -0.742. The Kier molecular flexibility index (Phi) is 9.35. The third kappa shape index (κ3) is 7.20. The van der Waals surface area contributed by atoms with Gasteiger partial charge in [-0.2, -0.15) is 0 Å². The van der Waals surface area contributed by atoms with Crippen molar-refractivity contribution in [2.24, 2.45) is 5.73 Å². The zero-order chi connectivity index (χ0) is 28.3. The molecule has 4 nitrogen and oxygen atoms in total. The highest BCUT2D eigenvalue weighted by atomic mass is 35.5. The molecule has 1 fully saturated rings. The Morgan fingerprint density at radius 3 is 1.97 bits per heavy atom. The maximum absolute atomic E-state index is 13.6. The fourth-order valence-corrected chi connectivity index (χ4v) is 5.00. The third-order valence-electron chi connectivity index (χ3n) is 6.84. The topological polar surface area (TPSA) is 63.4 Å². The monoisotopic (exact) mass is 580 g/mol. The number of benzene rings is 3. The summed E-state index contributed by atoms with van der Waals surface area (Å²) >= 11 is 18.5. The number of carbonyl (C=O) groups is 2. The normalized spacial score (nSPS) is 16.8. The zero-order valence-electron chi connectivity index (χ0n) is 22.2. The maximum Gasteiger partial charge on any atom is 0.240 e. The summed E-state index contributed by atoms with van der Waals surface area (Å²) in [5.74, 6) is 0.0832. The molecule has 0 spiro atoms. The number of likely N-dealkylation sites (tertiary alicyclic amines) is 1. The fraction of sp³-hybridized carbons (Fsp3) is 0.250. The Hall–Kier alpha value is -2.89. The Balaban J connectivity index is 1.64. The predicted molar refractivity (Wildman–Crippen MR) is 162 cm³/mol. The second-order valence-electron chi connectivity index (χ2n) is 10.3. The van der Waals surface area contributed by atoms with Crippen molar-refractivity contribution in [3.05, 3.63) is 115 Å². The van der Waals surface area contributed by atoms with Gasteiger partial charge in [-0.25, -0.2) is 0 Å². The van der Waals surface area contributed by atoms with Crippen LogP contribution in [0.5, 0.6) is 0 Å². The number of Topliss-reactive ketones (excluding diaryl/α,β-unsaturated/α-hetero) is 1. The molecule has 1 aliphatic heterocycles. The lowest BCUT2D eigenvalue weighted by atomic mass is 9.93. The quantitative estimate of drug-likeness (QED) is 0.306. The number of aryl methyl sites for hydroxylation is 1. The van der Waals surface area contributed by atoms with E-state index in [1.54, 1.807) is 35.2 Å². The number of carbonyl (C=O) groups excluding carboxylic acids is 2. The molecule has 0 unspecified atom stereocenters. The van der Waals surface area contributed by atoms with Crippen LogP contribution in [0.15, 0.2) is 71.8 Å². The number of piperidine rings is 1. The van der Waals surface area contributed by atoms with Crippen LogP contribution in [0.25, 0.3) is 12.2 Å². The minimum absolute atomic E-state index is 0.129. The summed E-state index contributed by atoms with van der Waals surface area (Å²) in [6.07, 6.45) is 3.97. The molecule has 0 aliphatic carbocycles. The van der Waals surface area contributed by atoms with Crippen LogP contribution in [0, 0.1) is 6.92 Å². The molecule has 7 heteroatoms. The third-order valence-corrected chi connectivity index (χ3v) is 8.01. The lowest BCUT2D eigenvalue weighted by Gasteiger charge is -2.32. The Morgan fingerprint density at radius 1 is 0.872 bits per heavy atom. The van der Waals surface area contributed by atoms with Gasteiger partial charge in [0.2, 0.25) is 5.91 Å². The number of halogens is 3. The van der Waals surface area contributed by atoms with E-state index in [0.717, 1.165) is 22.3 Å². The number of amides is 1. The summed E-state index contributed by atoms with van der Waals surface area (Å²) in [4.78, 5) is 28.8. The van der Waals surface area contributed by atoms with Crippen molar-refractivity contribution in [1.82, 2.24) is 4.90 Å². The molecule has 0 aromatic heterocycles. The summed E-state index contributed by atoms with van der Waals surface area (Å²) < 4.78 is 0. The van der Waals surface area contributed by atoms with E-state index < -0.39 is 6.04 Å². The van der Waals surface area contributed by atoms with Crippen molar-refractivity contribution < 1.29 is 9.59 Å². The molecule has 0 radical (unpaired) electrons. The molecule has 1 amide bonds. The van der Waals surface area contributed by atoms with E-state index >= 15 is 0 Å². The highest BCUT2D eigenvalue weighted by Crippen LogP contribution is 2.27. The van der Waals surface area contributed by atoms with Crippen LogP contribution >= 0.6 is 34.8 Å². The van der Waals surface area contributed by atoms with Gasteiger partial charge in [0, 0.05) is 29.3 Å². The number of ketones is 1.